The summed E-state index contributed by atoms with van der Waals surface area (Å²) in [6, 6.07) is 38.8. The lowest BCUT2D eigenvalue weighted by Gasteiger charge is -2.25. The molecule has 0 N–H and O–H groups in total. The largest absolute Gasteiger partial charge is 0.457 e. The van der Waals surface area contributed by atoms with E-state index in [0.29, 0.717) is 0 Å². The highest BCUT2D eigenvalue weighted by Crippen LogP contribution is 2.42. The molecule has 3 heteroatoms. The van der Waals surface area contributed by atoms with Gasteiger partial charge in [0, 0.05) is 32.3 Å². The molecule has 0 saturated carbocycles. The first-order chi connectivity index (χ1) is 21.5. The van der Waals surface area contributed by atoms with Crippen molar-refractivity contribution in [1.82, 2.24) is 9.97 Å². The van der Waals surface area contributed by atoms with Crippen LogP contribution in [-0.4, -0.2) is 9.97 Å². The maximum absolute atomic E-state index is 6.88. The third-order valence-corrected chi connectivity index (χ3v) is 9.04. The maximum atomic E-state index is 6.88. The minimum atomic E-state index is -0.0940. The number of fused-ring (bicyclic) bond motifs is 8. The Morgan fingerprint density at radius 1 is 0.422 bits per heavy atom. The Hall–Kier alpha value is -5.02. The van der Waals surface area contributed by atoms with Crippen LogP contribution in [0, 0.1) is 0 Å². The molecule has 8 aromatic rings. The fourth-order valence-corrected chi connectivity index (χ4v) is 6.80. The Morgan fingerprint density at radius 2 is 0.844 bits per heavy atom. The summed E-state index contributed by atoms with van der Waals surface area (Å²) in [6.07, 6.45) is 0. The van der Waals surface area contributed by atoms with E-state index in [1.54, 1.807) is 0 Å². The molecule has 8 rings (SSSR count). The number of rotatable bonds is 2. The molecule has 0 amide bonds. The molecule has 3 nitrogen and oxygen atoms in total. The molecule has 2 heterocycles. The molecule has 0 bridgehead atoms. The highest BCUT2D eigenvalue weighted by atomic mass is 16.5. The first kappa shape index (κ1) is 27.5. The molecule has 0 radical (unpaired) electrons. The number of hydrogen-bond acceptors (Lipinski definition) is 3. The Kier molecular flexibility index (Phi) is 5.96. The zero-order valence-electron chi connectivity index (χ0n) is 26.7. The number of para-hydroxylation sites is 2. The van der Waals surface area contributed by atoms with E-state index in [2.05, 4.69) is 151 Å². The Morgan fingerprint density at radius 3 is 1.27 bits per heavy atom. The number of pyridine rings is 2. The van der Waals surface area contributed by atoms with Gasteiger partial charge in [-0.3, -0.25) is 0 Å². The molecule has 2 aromatic heterocycles. The smallest absolute Gasteiger partial charge is 0.128 e. The van der Waals surface area contributed by atoms with Crippen molar-refractivity contribution in [2.45, 2.75) is 52.4 Å². The van der Waals surface area contributed by atoms with Crippen LogP contribution < -0.4 is 4.74 Å². The van der Waals surface area contributed by atoms with Crippen molar-refractivity contribution in [1.29, 1.82) is 0 Å². The summed E-state index contributed by atoms with van der Waals surface area (Å²) in [4.78, 5) is 10.3. The Balaban J connectivity index is 1.38. The Bertz CT molecular complexity index is 2300. The van der Waals surface area contributed by atoms with Crippen LogP contribution in [0.15, 0.2) is 109 Å². The van der Waals surface area contributed by atoms with Gasteiger partial charge in [0.25, 0.3) is 0 Å². The van der Waals surface area contributed by atoms with Crippen LogP contribution in [0.5, 0.6) is 11.5 Å². The molecule has 220 valence electrons. The zero-order valence-corrected chi connectivity index (χ0v) is 26.7. The fourth-order valence-electron chi connectivity index (χ4n) is 6.80. The minimum Gasteiger partial charge on any atom is -0.457 e. The van der Waals surface area contributed by atoms with E-state index < -0.39 is 0 Å². The van der Waals surface area contributed by atoms with Crippen LogP contribution in [0.3, 0.4) is 0 Å². The van der Waals surface area contributed by atoms with Crippen molar-refractivity contribution in [3.63, 3.8) is 0 Å². The SMILES string of the molecule is CC(C)(C)c1cc(Oc2cc(C(C)(C)C)c3ccc4cc5ccccc5nc4c3c2)cc2c1ccc1cc3ccccc3nc12. The lowest BCUT2D eigenvalue weighted by atomic mass is 9.82. The quantitative estimate of drug-likeness (QED) is 0.150. The Labute approximate surface area is 263 Å². The van der Waals surface area contributed by atoms with Crippen molar-refractivity contribution in [3.05, 3.63) is 120 Å². The van der Waals surface area contributed by atoms with Gasteiger partial charge in [-0.15, -0.1) is 0 Å². The summed E-state index contributed by atoms with van der Waals surface area (Å²) in [7, 11) is 0. The molecular weight excluding hydrogens is 548 g/mol. The van der Waals surface area contributed by atoms with Gasteiger partial charge in [0.05, 0.1) is 22.1 Å². The lowest BCUT2D eigenvalue weighted by molar-refractivity contribution is 0.477. The van der Waals surface area contributed by atoms with Crippen LogP contribution in [0.4, 0.5) is 0 Å². The van der Waals surface area contributed by atoms with Gasteiger partial charge in [-0.1, -0.05) is 102 Å². The number of benzene rings is 6. The zero-order chi connectivity index (χ0) is 31.1. The monoisotopic (exact) mass is 584 g/mol. The number of ether oxygens (including phenoxy) is 1. The van der Waals surface area contributed by atoms with Crippen LogP contribution in [0.25, 0.3) is 65.2 Å². The van der Waals surface area contributed by atoms with Gasteiger partial charge < -0.3 is 4.74 Å². The predicted octanol–water partition coefficient (Wildman–Crippen LogP) is 11.8. The molecular formula is C42H36N2O. The molecule has 0 fully saturated rings. The van der Waals surface area contributed by atoms with Crippen molar-refractivity contribution in [2.24, 2.45) is 0 Å². The normalized spacial score (nSPS) is 12.7. The van der Waals surface area contributed by atoms with E-state index in [1.807, 2.05) is 0 Å². The average Bonchev–Trinajstić information content (AvgIpc) is 3.01. The number of aromatic nitrogens is 2. The standard InChI is InChI=1S/C42H36N2O/c1-41(2,3)35-23-29(21-33-31(35)17-15-27-19-25-11-7-9-13-37(25)43-39(27)33)45-30-22-34-32(36(24-30)42(4,5)6)18-16-28-20-26-12-8-10-14-38(26)44-40(28)34/h7-24H,1-6H3. The molecule has 0 saturated heterocycles. The van der Waals surface area contributed by atoms with E-state index in [-0.39, 0.29) is 10.8 Å². The molecule has 0 aliphatic rings. The third-order valence-electron chi connectivity index (χ3n) is 9.04. The van der Waals surface area contributed by atoms with E-state index in [1.165, 1.54) is 21.9 Å². The molecule has 0 unspecified atom stereocenters. The van der Waals surface area contributed by atoms with Gasteiger partial charge in [-0.05, 0) is 81.3 Å². The van der Waals surface area contributed by atoms with Gasteiger partial charge >= 0.3 is 0 Å². The fraction of sp³-hybridized carbons (Fsp3) is 0.190. The van der Waals surface area contributed by atoms with E-state index in [4.69, 9.17) is 14.7 Å². The average molecular weight is 585 g/mol. The second kappa shape index (κ2) is 9.74. The second-order valence-corrected chi connectivity index (χ2v) is 14.4. The van der Waals surface area contributed by atoms with E-state index >= 15 is 0 Å². The molecule has 45 heavy (non-hydrogen) atoms. The minimum absolute atomic E-state index is 0.0940. The van der Waals surface area contributed by atoms with Crippen LogP contribution >= 0.6 is 0 Å². The first-order valence-corrected chi connectivity index (χ1v) is 15.7. The first-order valence-electron chi connectivity index (χ1n) is 15.7. The summed E-state index contributed by atoms with van der Waals surface area (Å²) in [5.41, 5.74) is 6.28. The van der Waals surface area contributed by atoms with Gasteiger partial charge in [0.1, 0.15) is 11.5 Å². The van der Waals surface area contributed by atoms with Crippen molar-refractivity contribution in [2.75, 3.05) is 0 Å². The summed E-state index contributed by atoms with van der Waals surface area (Å²) < 4.78 is 6.88. The van der Waals surface area contributed by atoms with Crippen molar-refractivity contribution in [3.8, 4) is 11.5 Å². The van der Waals surface area contributed by atoms with Crippen LogP contribution in [0.1, 0.15) is 52.7 Å². The molecule has 0 aliphatic carbocycles. The van der Waals surface area contributed by atoms with E-state index in [0.717, 1.165) is 65.9 Å². The van der Waals surface area contributed by atoms with Crippen LogP contribution in [0.2, 0.25) is 0 Å². The molecule has 0 spiro atoms. The third kappa shape index (κ3) is 4.66. The van der Waals surface area contributed by atoms with Gasteiger partial charge in [-0.25, -0.2) is 9.97 Å². The molecule has 0 atom stereocenters. The maximum Gasteiger partial charge on any atom is 0.128 e. The van der Waals surface area contributed by atoms with Crippen molar-refractivity contribution < 1.29 is 4.74 Å². The predicted molar refractivity (Wildman–Crippen MR) is 191 cm³/mol. The second-order valence-electron chi connectivity index (χ2n) is 14.4. The summed E-state index contributed by atoms with van der Waals surface area (Å²) >= 11 is 0. The number of nitrogens with zero attached hydrogens (tertiary/aromatic N) is 2. The highest BCUT2D eigenvalue weighted by Gasteiger charge is 2.23. The van der Waals surface area contributed by atoms with Gasteiger partial charge in [-0.2, -0.15) is 0 Å². The van der Waals surface area contributed by atoms with E-state index in [9.17, 15) is 0 Å². The van der Waals surface area contributed by atoms with Crippen LogP contribution in [-0.2, 0) is 10.8 Å². The van der Waals surface area contributed by atoms with Crippen molar-refractivity contribution >= 4 is 65.2 Å². The topological polar surface area (TPSA) is 35.0 Å². The number of hydrogen-bond donors (Lipinski definition) is 0. The van der Waals surface area contributed by atoms with Gasteiger partial charge in [0.15, 0.2) is 0 Å². The summed E-state index contributed by atoms with van der Waals surface area (Å²) in [5.74, 6) is 1.63. The molecule has 0 aliphatic heterocycles. The lowest BCUT2D eigenvalue weighted by Crippen LogP contribution is -2.12. The summed E-state index contributed by atoms with van der Waals surface area (Å²) in [5, 5.41) is 9.18. The summed E-state index contributed by atoms with van der Waals surface area (Å²) in [6.45, 7) is 13.6. The van der Waals surface area contributed by atoms with Gasteiger partial charge in [0.2, 0.25) is 0 Å². The highest BCUT2D eigenvalue weighted by molar-refractivity contribution is 6.11. The molecule has 6 aromatic carbocycles.